The number of rotatable bonds is 1. The van der Waals surface area contributed by atoms with Gasteiger partial charge in [-0.1, -0.05) is 50.3 Å². The molecule has 0 bridgehead atoms. The van der Waals surface area contributed by atoms with Gasteiger partial charge in [0.05, 0.1) is 0 Å². The van der Waals surface area contributed by atoms with E-state index in [1.165, 1.54) is 11.1 Å². The molecule has 0 fully saturated rings. The molecule has 1 heteroatoms. The minimum atomic E-state index is -0.168. The maximum Gasteiger partial charge on any atom is 0.143 e. The number of benzene rings is 1. The van der Waals surface area contributed by atoms with Gasteiger partial charge in [0, 0.05) is 11.8 Å². The number of carbonyl (C=O) groups excluding carboxylic acids is 1. The molecule has 0 atom stereocenters. The third-order valence-electron chi connectivity index (χ3n) is 3.11. The van der Waals surface area contributed by atoms with Crippen LogP contribution in [0.5, 0.6) is 0 Å². The van der Waals surface area contributed by atoms with E-state index in [2.05, 4.69) is 18.2 Å². The second kappa shape index (κ2) is 3.65. The van der Waals surface area contributed by atoms with Crippen molar-refractivity contribution in [2.45, 2.75) is 26.7 Å². The normalized spacial score (nSPS) is 19.9. The lowest BCUT2D eigenvalue weighted by Crippen LogP contribution is -2.26. The lowest BCUT2D eigenvalue weighted by Gasteiger charge is -2.27. The summed E-state index contributed by atoms with van der Waals surface area (Å²) in [5.41, 5.74) is 2.19. The highest BCUT2D eigenvalue weighted by atomic mass is 16.1. The van der Waals surface area contributed by atoms with Crippen LogP contribution in [-0.4, -0.2) is 5.78 Å². The summed E-state index contributed by atoms with van der Waals surface area (Å²) in [5, 5.41) is 0. The molecule has 2 rings (SSSR count). The minimum Gasteiger partial charge on any atom is -0.299 e. The number of Topliss-reactive ketones (excluding diaryl/α,β-unsaturated/α-hetero) is 1. The second-order valence-electron chi connectivity index (χ2n) is 4.78. The van der Waals surface area contributed by atoms with Crippen LogP contribution in [0.1, 0.15) is 32.3 Å². The van der Waals surface area contributed by atoms with Crippen molar-refractivity contribution in [3.8, 4) is 0 Å². The van der Waals surface area contributed by atoms with E-state index in [-0.39, 0.29) is 5.41 Å². The number of ketones is 1. The van der Waals surface area contributed by atoms with Crippen LogP contribution in [0.4, 0.5) is 0 Å². The molecule has 78 valence electrons. The van der Waals surface area contributed by atoms with Gasteiger partial charge in [-0.25, -0.2) is 0 Å². The minimum absolute atomic E-state index is 0.168. The van der Waals surface area contributed by atoms with Gasteiger partial charge in [-0.15, -0.1) is 0 Å². The predicted octanol–water partition coefficient (Wildman–Crippen LogP) is 3.46. The summed E-state index contributed by atoms with van der Waals surface area (Å²) in [7, 11) is 0. The number of hydrogen-bond donors (Lipinski definition) is 0. The molecule has 0 unspecified atom stereocenters. The molecule has 0 saturated carbocycles. The first-order chi connectivity index (χ1) is 7.09. The van der Waals surface area contributed by atoms with Crippen molar-refractivity contribution >= 4 is 11.4 Å². The van der Waals surface area contributed by atoms with Gasteiger partial charge in [0.25, 0.3) is 0 Å². The van der Waals surface area contributed by atoms with E-state index in [0.717, 1.165) is 6.42 Å². The van der Waals surface area contributed by atoms with Crippen LogP contribution < -0.4 is 0 Å². The number of carbonyl (C=O) groups is 1. The molecule has 0 N–H and O–H groups in total. The Kier molecular flexibility index (Phi) is 2.47. The van der Waals surface area contributed by atoms with E-state index < -0.39 is 0 Å². The third-order valence-corrected chi connectivity index (χ3v) is 3.11. The van der Waals surface area contributed by atoms with Crippen LogP contribution in [0.3, 0.4) is 0 Å². The molecule has 0 spiro atoms. The zero-order chi connectivity index (χ0) is 10.9. The molecule has 0 aliphatic heterocycles. The molecular formula is C14H16O. The van der Waals surface area contributed by atoms with Crippen LogP contribution in [0.15, 0.2) is 36.4 Å². The molecule has 1 aliphatic rings. The second-order valence-corrected chi connectivity index (χ2v) is 4.78. The van der Waals surface area contributed by atoms with Gasteiger partial charge in [-0.3, -0.25) is 4.79 Å². The summed E-state index contributed by atoms with van der Waals surface area (Å²) in [6.45, 7) is 4.04. The molecule has 1 aliphatic carbocycles. The summed E-state index contributed by atoms with van der Waals surface area (Å²) in [6.07, 6.45) is 3.64. The van der Waals surface area contributed by atoms with Crippen LogP contribution >= 0.6 is 0 Å². The van der Waals surface area contributed by atoms with E-state index in [0.29, 0.717) is 12.2 Å². The maximum absolute atomic E-state index is 11.9. The van der Waals surface area contributed by atoms with Gasteiger partial charge in [0.15, 0.2) is 0 Å². The van der Waals surface area contributed by atoms with E-state index in [4.69, 9.17) is 0 Å². The van der Waals surface area contributed by atoms with Crippen molar-refractivity contribution in [1.82, 2.24) is 0 Å². The van der Waals surface area contributed by atoms with Gasteiger partial charge < -0.3 is 0 Å². The van der Waals surface area contributed by atoms with Crippen molar-refractivity contribution in [3.05, 3.63) is 42.0 Å². The van der Waals surface area contributed by atoms with Gasteiger partial charge in [0.2, 0.25) is 0 Å². The summed E-state index contributed by atoms with van der Waals surface area (Å²) in [5.74, 6) is 0.351. The summed E-state index contributed by atoms with van der Waals surface area (Å²) >= 11 is 0. The first-order valence-electron chi connectivity index (χ1n) is 5.37. The van der Waals surface area contributed by atoms with Crippen LogP contribution in [0.25, 0.3) is 5.57 Å². The molecule has 0 amide bonds. The monoisotopic (exact) mass is 200 g/mol. The van der Waals surface area contributed by atoms with E-state index >= 15 is 0 Å². The molecule has 0 saturated heterocycles. The molecule has 1 nitrogen and oxygen atoms in total. The zero-order valence-electron chi connectivity index (χ0n) is 9.29. The Bertz CT molecular complexity index is 399. The van der Waals surface area contributed by atoms with Gasteiger partial charge in [-0.05, 0) is 17.6 Å². The standard InChI is InChI=1S/C14H16O/c1-14(2)9-8-12(10-13(14)15)11-6-4-3-5-7-11/h3-8H,9-10H2,1-2H3. The van der Waals surface area contributed by atoms with Crippen LogP contribution in [-0.2, 0) is 4.79 Å². The van der Waals surface area contributed by atoms with Gasteiger partial charge in [0.1, 0.15) is 5.78 Å². The molecule has 15 heavy (non-hydrogen) atoms. The predicted molar refractivity (Wildman–Crippen MR) is 62.4 cm³/mol. The fourth-order valence-electron chi connectivity index (χ4n) is 1.85. The molecule has 1 aromatic rings. The molecule has 1 aromatic carbocycles. The zero-order valence-corrected chi connectivity index (χ0v) is 9.29. The fraction of sp³-hybridized carbons (Fsp3) is 0.357. The Labute approximate surface area is 90.8 Å². The Morgan fingerprint density at radius 3 is 2.40 bits per heavy atom. The maximum atomic E-state index is 11.9. The van der Waals surface area contributed by atoms with E-state index in [9.17, 15) is 4.79 Å². The van der Waals surface area contributed by atoms with Crippen molar-refractivity contribution < 1.29 is 4.79 Å². The summed E-state index contributed by atoms with van der Waals surface area (Å²) in [6, 6.07) is 10.2. The first kappa shape index (κ1) is 10.2. The lowest BCUT2D eigenvalue weighted by molar-refractivity contribution is -0.126. The summed E-state index contributed by atoms with van der Waals surface area (Å²) in [4.78, 5) is 11.9. The lowest BCUT2D eigenvalue weighted by atomic mass is 9.76. The quantitative estimate of drug-likeness (QED) is 0.678. The van der Waals surface area contributed by atoms with Crippen molar-refractivity contribution in [3.63, 3.8) is 0 Å². The van der Waals surface area contributed by atoms with Crippen molar-refractivity contribution in [2.24, 2.45) is 5.41 Å². The average Bonchev–Trinajstić information content (AvgIpc) is 2.23. The Morgan fingerprint density at radius 1 is 1.13 bits per heavy atom. The topological polar surface area (TPSA) is 17.1 Å². The van der Waals surface area contributed by atoms with E-state index in [1.54, 1.807) is 0 Å². The van der Waals surface area contributed by atoms with Crippen LogP contribution in [0, 0.1) is 5.41 Å². The first-order valence-corrected chi connectivity index (χ1v) is 5.37. The highest BCUT2D eigenvalue weighted by molar-refractivity contribution is 5.95. The fourth-order valence-corrected chi connectivity index (χ4v) is 1.85. The number of allylic oxidation sites excluding steroid dienone is 2. The third kappa shape index (κ3) is 2.01. The Balaban J connectivity index is 2.28. The smallest absolute Gasteiger partial charge is 0.143 e. The molecule has 0 radical (unpaired) electrons. The van der Waals surface area contributed by atoms with Gasteiger partial charge in [-0.2, -0.15) is 0 Å². The Hall–Kier alpha value is -1.37. The average molecular weight is 200 g/mol. The highest BCUT2D eigenvalue weighted by Crippen LogP contribution is 2.34. The van der Waals surface area contributed by atoms with Crippen molar-refractivity contribution in [1.29, 1.82) is 0 Å². The largest absolute Gasteiger partial charge is 0.299 e. The van der Waals surface area contributed by atoms with E-state index in [1.807, 2.05) is 32.0 Å². The SMILES string of the molecule is CC1(C)CC=C(c2ccccc2)CC1=O. The van der Waals surface area contributed by atoms with Gasteiger partial charge >= 0.3 is 0 Å². The summed E-state index contributed by atoms with van der Waals surface area (Å²) < 4.78 is 0. The molecule has 0 heterocycles. The molecular weight excluding hydrogens is 184 g/mol. The van der Waals surface area contributed by atoms with Crippen LogP contribution in [0.2, 0.25) is 0 Å². The Morgan fingerprint density at radius 2 is 1.80 bits per heavy atom. The number of hydrogen-bond acceptors (Lipinski definition) is 1. The highest BCUT2D eigenvalue weighted by Gasteiger charge is 2.30. The molecule has 0 aromatic heterocycles. The van der Waals surface area contributed by atoms with Crippen molar-refractivity contribution in [2.75, 3.05) is 0 Å².